The summed E-state index contributed by atoms with van der Waals surface area (Å²) in [5, 5.41) is 37.2. The van der Waals surface area contributed by atoms with Crippen LogP contribution in [0.25, 0.3) is 85.9 Å². The van der Waals surface area contributed by atoms with E-state index in [0.29, 0.717) is 80.7 Å². The Morgan fingerprint density at radius 1 is 0.583 bits per heavy atom. The average molecular weight is 1490 g/mol. The van der Waals surface area contributed by atoms with Crippen molar-refractivity contribution in [2.24, 2.45) is 0 Å². The van der Waals surface area contributed by atoms with Gasteiger partial charge in [-0.25, -0.2) is 54.6 Å². The number of aromatic nitrogens is 12. The fraction of sp³-hybridized carbons (Fsp3) is 0.449. The van der Waals surface area contributed by atoms with Crippen LogP contribution in [0.5, 0.6) is 0 Å². The zero-order chi connectivity index (χ0) is 74.5. The normalized spacial score (nSPS) is 15.2. The van der Waals surface area contributed by atoms with E-state index in [2.05, 4.69) is 111 Å². The molecule has 29 nitrogen and oxygen atoms in total. The Morgan fingerprint density at radius 2 is 1.01 bits per heavy atom. The number of sulfonamides is 3. The maximum absolute atomic E-state index is 12.5. The van der Waals surface area contributed by atoms with E-state index in [0.717, 1.165) is 79.5 Å². The van der Waals surface area contributed by atoms with Gasteiger partial charge < -0.3 is 23.6 Å². The third kappa shape index (κ3) is 17.9. The van der Waals surface area contributed by atoms with Gasteiger partial charge in [0.1, 0.15) is 41.5 Å². The predicted molar refractivity (Wildman–Crippen MR) is 401 cm³/mol. The lowest BCUT2D eigenvalue weighted by Crippen LogP contribution is -2.64. The van der Waals surface area contributed by atoms with Crippen LogP contribution in [0.3, 0.4) is 0 Å². The van der Waals surface area contributed by atoms with Crippen molar-refractivity contribution < 1.29 is 34.7 Å². The van der Waals surface area contributed by atoms with Crippen molar-refractivity contribution in [3.63, 3.8) is 0 Å². The molecule has 103 heavy (non-hydrogen) atoms. The minimum atomic E-state index is -3.35. The smallest absolute Gasteiger partial charge is 0.214 e. The summed E-state index contributed by atoms with van der Waals surface area (Å²) in [5.41, 5.74) is 7.68. The summed E-state index contributed by atoms with van der Waals surface area (Å²) in [6.07, 6.45) is 24.2. The molecule has 0 saturated carbocycles. The molecule has 0 atom stereocenters. The van der Waals surface area contributed by atoms with Gasteiger partial charge in [0.05, 0.1) is 87.1 Å². The number of H-pyrrole nitrogens is 2. The van der Waals surface area contributed by atoms with Gasteiger partial charge in [-0.2, -0.15) is 38.7 Å². The molecule has 12 rings (SSSR count). The second kappa shape index (κ2) is 32.8. The molecule has 3 fully saturated rings. The number of nitrogens with zero attached hydrogens (tertiary/aromatic N) is 19. The fourth-order valence-electron chi connectivity index (χ4n) is 12.0. The van der Waals surface area contributed by atoms with Crippen LogP contribution in [0, 0.1) is 49.0 Å². The van der Waals surface area contributed by atoms with Gasteiger partial charge in [0.2, 0.25) is 47.1 Å². The first-order chi connectivity index (χ1) is 49.1. The van der Waals surface area contributed by atoms with E-state index in [1.54, 1.807) is 58.9 Å². The molecule has 3 aliphatic heterocycles. The molecule has 0 amide bonds. The highest BCUT2D eigenvalue weighted by molar-refractivity contribution is 7.89. The van der Waals surface area contributed by atoms with E-state index in [1.807, 2.05) is 66.7 Å². The molecule has 12 heterocycles. The van der Waals surface area contributed by atoms with Crippen molar-refractivity contribution in [2.75, 3.05) is 69.7 Å². The Morgan fingerprint density at radius 3 is 1.41 bits per heavy atom. The monoisotopic (exact) mass is 1490 g/mol. The quantitative estimate of drug-likeness (QED) is 0.0289. The zero-order valence-electron chi connectivity index (χ0n) is 59.4. The number of ether oxygens (including phenoxy) is 2. The Labute approximate surface area is 603 Å². The Hall–Kier alpha value is -9.54. The molecule has 0 radical (unpaired) electrons. The number of hydrogen-bond donors (Lipinski definition) is 2. The molecular formula is C69H85N21O8S3Si2. The van der Waals surface area contributed by atoms with Crippen LogP contribution < -0.4 is 0 Å². The first kappa shape index (κ1) is 77.6. The minimum Gasteiger partial charge on any atom is -0.361 e. The molecule has 3 saturated heterocycles. The first-order valence-electron chi connectivity index (χ1n) is 33.6. The SMILES string of the molecule is [C-]#[N+]C=C1CN(S(=O)(=O)CCC)C1.[C-]#[N+]c1cnc2[nH]ccc2c1-c1cnn(C2(CC#N)CN(S(=O)(=O)CCC)C2)c1.[C-]#[N+]c1cnc2c(ccn2COCC[Si](C)(C)C)c1-c1cn[nH]c1.[C-]#[N+]c1cnc2c(ccn2COCC[Si](C)(C)C)c1-c1cnn(C2(CC#N)CN(S(=O)(=O)CCC)C2)c1. The van der Waals surface area contributed by atoms with Crippen molar-refractivity contribution in [2.45, 2.75) is 129 Å². The lowest BCUT2D eigenvalue weighted by molar-refractivity contribution is 0.0718. The van der Waals surface area contributed by atoms with Crippen LogP contribution in [0.1, 0.15) is 52.9 Å². The number of rotatable bonds is 26. The predicted octanol–water partition coefficient (Wildman–Crippen LogP) is 12.2. The summed E-state index contributed by atoms with van der Waals surface area (Å²) >= 11 is 0. The van der Waals surface area contributed by atoms with E-state index in [4.69, 9.17) is 35.8 Å². The summed E-state index contributed by atoms with van der Waals surface area (Å²) in [7, 11) is -12.0. The second-order valence-corrected chi connectivity index (χ2v) is 45.5. The van der Waals surface area contributed by atoms with Gasteiger partial charge in [-0.15, -0.1) is 0 Å². The molecule has 0 spiro atoms. The summed E-state index contributed by atoms with van der Waals surface area (Å²) in [6, 6.07) is 12.4. The van der Waals surface area contributed by atoms with Gasteiger partial charge >= 0.3 is 0 Å². The lowest BCUT2D eigenvalue weighted by atomic mass is 9.89. The largest absolute Gasteiger partial charge is 0.361 e. The van der Waals surface area contributed by atoms with E-state index in [1.165, 1.54) is 25.3 Å². The number of nitrogens with one attached hydrogen (secondary N) is 2. The molecular weight excluding hydrogens is 1400 g/mol. The summed E-state index contributed by atoms with van der Waals surface area (Å²) in [5.74, 6) is 0.386. The van der Waals surface area contributed by atoms with Gasteiger partial charge in [-0.3, -0.25) is 19.4 Å². The fourth-order valence-corrected chi connectivity index (χ4v) is 18.3. The van der Waals surface area contributed by atoms with Gasteiger partial charge in [0, 0.05) is 174 Å². The average Bonchev–Trinajstić information content (AvgIpc) is 1.72. The zero-order valence-corrected chi connectivity index (χ0v) is 63.8. The van der Waals surface area contributed by atoms with Crippen LogP contribution in [-0.4, -0.2) is 183 Å². The van der Waals surface area contributed by atoms with E-state index < -0.39 is 57.3 Å². The van der Waals surface area contributed by atoms with Crippen LogP contribution in [0.15, 0.2) is 104 Å². The van der Waals surface area contributed by atoms with Crippen molar-refractivity contribution in [1.82, 2.24) is 71.7 Å². The molecule has 0 bridgehead atoms. The van der Waals surface area contributed by atoms with Crippen molar-refractivity contribution in [3.05, 3.63) is 150 Å². The van der Waals surface area contributed by atoms with E-state index in [-0.39, 0.29) is 56.3 Å². The maximum atomic E-state index is 12.5. The van der Waals surface area contributed by atoms with Crippen LogP contribution in [0.4, 0.5) is 17.1 Å². The minimum absolute atomic E-state index is 0.0855. The third-order valence-electron chi connectivity index (χ3n) is 17.7. The van der Waals surface area contributed by atoms with Gasteiger partial charge in [0.25, 0.3) is 0 Å². The van der Waals surface area contributed by atoms with Crippen LogP contribution in [0.2, 0.25) is 51.4 Å². The Balaban J connectivity index is 0.000000168. The summed E-state index contributed by atoms with van der Waals surface area (Å²) < 4.78 is 95.7. The van der Waals surface area contributed by atoms with Gasteiger partial charge in [-0.1, -0.05) is 60.1 Å². The Kier molecular flexibility index (Phi) is 24.8. The molecule has 0 unspecified atom stereocenters. The Bertz CT molecular complexity index is 5160. The topological polar surface area (TPSA) is 324 Å². The second-order valence-electron chi connectivity index (χ2n) is 28.0. The number of hydrogen-bond acceptors (Lipinski definition) is 16. The number of nitriles is 2. The number of pyridine rings is 3. The van der Waals surface area contributed by atoms with Crippen molar-refractivity contribution >= 4 is 96.4 Å². The lowest BCUT2D eigenvalue weighted by Gasteiger charge is -2.47. The number of fused-ring (bicyclic) bond motifs is 3. The van der Waals surface area contributed by atoms with Crippen molar-refractivity contribution in [3.8, 4) is 45.5 Å². The molecule has 9 aromatic heterocycles. The van der Waals surface area contributed by atoms with Crippen molar-refractivity contribution in [1.29, 1.82) is 10.5 Å². The highest BCUT2D eigenvalue weighted by atomic mass is 32.2. The summed E-state index contributed by atoms with van der Waals surface area (Å²) in [6.45, 7) is 52.5. The van der Waals surface area contributed by atoms with Crippen LogP contribution >= 0.6 is 0 Å². The molecule has 540 valence electrons. The highest BCUT2D eigenvalue weighted by Gasteiger charge is 2.51. The molecule has 3 aliphatic rings. The van der Waals surface area contributed by atoms with E-state index in [9.17, 15) is 35.8 Å². The highest BCUT2D eigenvalue weighted by Crippen LogP contribution is 2.43. The molecule has 0 aliphatic carbocycles. The third-order valence-corrected chi connectivity index (χ3v) is 27.0. The van der Waals surface area contributed by atoms with Crippen LogP contribution in [-0.2, 0) is 64.1 Å². The number of aromatic amines is 2. The molecule has 2 N–H and O–H groups in total. The molecule has 9 aromatic rings. The van der Waals surface area contributed by atoms with E-state index >= 15 is 0 Å². The maximum Gasteiger partial charge on any atom is 0.214 e. The first-order valence-corrected chi connectivity index (χ1v) is 45.8. The van der Waals surface area contributed by atoms with Gasteiger partial charge in [-0.05, 0) is 55.1 Å². The summed E-state index contributed by atoms with van der Waals surface area (Å²) in [4.78, 5) is 30.2. The van der Waals surface area contributed by atoms with Gasteiger partial charge in [0.15, 0.2) is 6.20 Å². The standard InChI is InChI=1S/C25H33N7O3SSi.C19H19N7O2S.C17H21N5OSi.C8H12N2O2S/c1-6-12-36(33,34)31-17-25(18-31,8-9-26)32-16-20(14-29-32)23-21-7-10-30(19-35-11-13-37(3,4)5)24(21)28-15-22(23)27-2;1-3-8-29(27,28)25-12-19(13-25,5-6-20)26-11-14(9-24-26)17-15-4-7-22-18(15)23-10-16(17)21-2;1-18-15-11-19-17-14(16(15)13-9-20-21-10-13)5-6-22(17)12-23-7-8-24(2,3)4;1-3-4-13(11,12)10-6-8(7-10)5-9-2/h7,10,14-16H,6,8,11-13,17-19H2,1,3-5H3;4,7,9-11H,3,5,8,12-13H2,1H3,(H,22,23);5-6,9-11H,7-8,12H2,2-4H3,(H,20,21);5H,3-4,6-7H2,1H3. The molecule has 34 heteroatoms. The molecule has 0 aromatic carbocycles.